The maximum Gasteiger partial charge on any atom is 0.205 e. The van der Waals surface area contributed by atoms with E-state index < -0.39 is 0 Å². The predicted octanol–water partition coefficient (Wildman–Crippen LogP) is 6.40. The Hall–Kier alpha value is -3.65. The quantitative estimate of drug-likeness (QED) is 0.217. The van der Waals surface area contributed by atoms with Crippen LogP contribution in [0.2, 0.25) is 0 Å². The van der Waals surface area contributed by atoms with E-state index in [2.05, 4.69) is 30.7 Å². The maximum absolute atomic E-state index is 4.70. The number of imidazole rings is 1. The molecule has 30 heavy (non-hydrogen) atoms. The van der Waals surface area contributed by atoms with E-state index in [1.165, 1.54) is 11.3 Å². The minimum absolute atomic E-state index is 0.658. The van der Waals surface area contributed by atoms with Crippen LogP contribution in [-0.4, -0.2) is 20.7 Å². The maximum atomic E-state index is 4.70. The second-order valence-electron chi connectivity index (χ2n) is 6.68. The second-order valence-corrected chi connectivity index (χ2v) is 7.66. The van der Waals surface area contributed by atoms with Gasteiger partial charge in [-0.15, -0.1) is 10.2 Å². The monoisotopic (exact) mass is 415 g/mol. The molecule has 0 saturated carbocycles. The van der Waals surface area contributed by atoms with Gasteiger partial charge in [0, 0.05) is 11.3 Å². The summed E-state index contributed by atoms with van der Waals surface area (Å²) in [5, 5.41) is 14.4. The third-order valence-electron chi connectivity index (χ3n) is 4.38. The highest BCUT2D eigenvalue weighted by Gasteiger charge is 2.12. The normalized spacial score (nSPS) is 11.9. The fraction of sp³-hybridized carbons (Fsp3) is 0.136. The molecule has 0 fully saturated rings. The van der Waals surface area contributed by atoms with E-state index in [9.17, 15) is 0 Å². The fourth-order valence-corrected chi connectivity index (χ4v) is 3.59. The predicted molar refractivity (Wildman–Crippen MR) is 122 cm³/mol. The number of nitrogens with one attached hydrogen (secondary N) is 2. The Balaban J connectivity index is 1.49. The van der Waals surface area contributed by atoms with Gasteiger partial charge in [0.15, 0.2) is 5.00 Å². The molecule has 2 aromatic carbocycles. The van der Waals surface area contributed by atoms with Crippen LogP contribution in [0.1, 0.15) is 24.0 Å². The van der Waals surface area contributed by atoms with E-state index in [0.717, 1.165) is 44.9 Å². The van der Waals surface area contributed by atoms with Crippen molar-refractivity contribution >= 4 is 32.9 Å². The van der Waals surface area contributed by atoms with Gasteiger partial charge < -0.3 is 4.98 Å². The van der Waals surface area contributed by atoms with Crippen LogP contribution in [0.15, 0.2) is 76.0 Å². The summed E-state index contributed by atoms with van der Waals surface area (Å²) >= 11 is 1.40. The number of hydrazone groups is 1. The summed E-state index contributed by atoms with van der Waals surface area (Å²) in [5.74, 6) is 0.825. The zero-order valence-corrected chi connectivity index (χ0v) is 17.7. The lowest BCUT2D eigenvalue weighted by atomic mass is 10.2. The average Bonchev–Trinajstić information content (AvgIpc) is 3.34. The van der Waals surface area contributed by atoms with Crippen molar-refractivity contribution in [2.75, 3.05) is 5.43 Å². The minimum atomic E-state index is 0.658. The largest absolute Gasteiger partial charge is 0.342 e. The van der Waals surface area contributed by atoms with Crippen LogP contribution in [-0.2, 0) is 0 Å². The number of anilines is 1. The molecule has 0 aliphatic carbocycles. The molecule has 4 aromatic rings. The smallest absolute Gasteiger partial charge is 0.205 e. The van der Waals surface area contributed by atoms with Gasteiger partial charge in [0.2, 0.25) is 5.13 Å². The number of aryl methyl sites for hydroxylation is 2. The Morgan fingerprint density at radius 2 is 1.63 bits per heavy atom. The van der Waals surface area contributed by atoms with Crippen molar-refractivity contribution in [3.8, 4) is 11.4 Å². The van der Waals surface area contributed by atoms with Crippen molar-refractivity contribution in [1.29, 1.82) is 0 Å². The molecule has 0 spiro atoms. The number of H-pyrrole nitrogens is 1. The lowest BCUT2D eigenvalue weighted by Crippen LogP contribution is -2.02. The Bertz CT molecular complexity index is 1190. The van der Waals surface area contributed by atoms with E-state index in [1.807, 2.05) is 81.4 Å². The number of hydrogen-bond donors (Lipinski definition) is 2. The van der Waals surface area contributed by atoms with Gasteiger partial charge in [0.1, 0.15) is 11.5 Å². The molecule has 0 radical (unpaired) electrons. The van der Waals surface area contributed by atoms with Gasteiger partial charge in [-0.1, -0.05) is 59.9 Å². The third-order valence-corrected chi connectivity index (χ3v) is 5.32. The molecular weight excluding hydrogens is 394 g/mol. The molecule has 8 heteroatoms. The van der Waals surface area contributed by atoms with Crippen molar-refractivity contribution < 1.29 is 0 Å². The molecular formula is C22H21N7S. The molecule has 0 aliphatic rings. The lowest BCUT2D eigenvalue weighted by Gasteiger charge is -1.98. The number of thiazole rings is 1. The van der Waals surface area contributed by atoms with Crippen molar-refractivity contribution in [2.24, 2.45) is 15.3 Å². The summed E-state index contributed by atoms with van der Waals surface area (Å²) in [6, 6.07) is 19.6. The highest BCUT2D eigenvalue weighted by Crippen LogP contribution is 2.32. The number of aromatic nitrogens is 3. The van der Waals surface area contributed by atoms with Crippen LogP contribution in [0.3, 0.4) is 0 Å². The average molecular weight is 416 g/mol. The van der Waals surface area contributed by atoms with E-state index in [-0.39, 0.29) is 0 Å². The molecule has 4 rings (SSSR count). The molecule has 2 heterocycles. The van der Waals surface area contributed by atoms with Gasteiger partial charge in [-0.25, -0.2) is 9.97 Å². The molecule has 2 N–H and O–H groups in total. The van der Waals surface area contributed by atoms with E-state index in [4.69, 9.17) is 4.98 Å². The lowest BCUT2D eigenvalue weighted by molar-refractivity contribution is 1.17. The summed E-state index contributed by atoms with van der Waals surface area (Å²) in [7, 11) is 0. The third kappa shape index (κ3) is 4.49. The summed E-state index contributed by atoms with van der Waals surface area (Å²) in [6.07, 6.45) is 0. The first kappa shape index (κ1) is 19.7. The second kappa shape index (κ2) is 8.79. The molecule has 0 bridgehead atoms. The highest BCUT2D eigenvalue weighted by molar-refractivity contribution is 7.19. The van der Waals surface area contributed by atoms with E-state index in [1.54, 1.807) is 0 Å². The summed E-state index contributed by atoms with van der Waals surface area (Å²) in [4.78, 5) is 12.5. The molecule has 0 amide bonds. The number of benzene rings is 2. The van der Waals surface area contributed by atoms with Crippen molar-refractivity contribution in [2.45, 2.75) is 20.8 Å². The van der Waals surface area contributed by atoms with Gasteiger partial charge in [-0.3, -0.25) is 5.43 Å². The zero-order valence-electron chi connectivity index (χ0n) is 16.9. The van der Waals surface area contributed by atoms with Gasteiger partial charge in [-0.2, -0.15) is 5.10 Å². The number of azo groups is 1. The van der Waals surface area contributed by atoms with Gasteiger partial charge >= 0.3 is 0 Å². The minimum Gasteiger partial charge on any atom is -0.342 e. The summed E-state index contributed by atoms with van der Waals surface area (Å²) < 4.78 is 0. The molecule has 2 aromatic heterocycles. The molecule has 7 nitrogen and oxygen atoms in total. The number of nitrogens with zero attached hydrogens (tertiary/aromatic N) is 5. The van der Waals surface area contributed by atoms with Crippen LogP contribution in [0.5, 0.6) is 0 Å². The number of aromatic amines is 1. The Morgan fingerprint density at radius 3 is 2.37 bits per heavy atom. The first-order valence-electron chi connectivity index (χ1n) is 9.47. The zero-order chi connectivity index (χ0) is 20.9. The Kier molecular flexibility index (Phi) is 5.76. The van der Waals surface area contributed by atoms with Crippen molar-refractivity contribution in [3.05, 3.63) is 77.7 Å². The van der Waals surface area contributed by atoms with Crippen LogP contribution in [0.4, 0.5) is 15.8 Å². The van der Waals surface area contributed by atoms with Crippen LogP contribution in [0, 0.1) is 13.8 Å². The van der Waals surface area contributed by atoms with E-state index in [0.29, 0.717) is 5.13 Å². The van der Waals surface area contributed by atoms with Gasteiger partial charge in [0.25, 0.3) is 0 Å². The summed E-state index contributed by atoms with van der Waals surface area (Å²) in [5.41, 5.74) is 8.21. The molecule has 0 atom stereocenters. The first-order chi connectivity index (χ1) is 14.6. The van der Waals surface area contributed by atoms with E-state index >= 15 is 0 Å². The molecule has 150 valence electrons. The summed E-state index contributed by atoms with van der Waals surface area (Å²) in [6.45, 7) is 5.81. The molecule has 0 aliphatic heterocycles. The van der Waals surface area contributed by atoms with Gasteiger partial charge in [-0.05, 0) is 32.9 Å². The van der Waals surface area contributed by atoms with Crippen LogP contribution in [0.25, 0.3) is 11.4 Å². The highest BCUT2D eigenvalue weighted by atomic mass is 32.1. The topological polar surface area (TPSA) is 90.7 Å². The number of hydrogen-bond acceptors (Lipinski definition) is 7. The Morgan fingerprint density at radius 1 is 0.933 bits per heavy atom. The first-order valence-corrected chi connectivity index (χ1v) is 10.3. The van der Waals surface area contributed by atoms with Gasteiger partial charge in [0.05, 0.1) is 17.1 Å². The molecule has 0 unspecified atom stereocenters. The fourth-order valence-electron chi connectivity index (χ4n) is 2.86. The van der Waals surface area contributed by atoms with Crippen molar-refractivity contribution in [1.82, 2.24) is 15.0 Å². The van der Waals surface area contributed by atoms with Crippen LogP contribution < -0.4 is 5.43 Å². The SMILES string of the molecule is C/C(=N\Nc1nc(C)c(N=Nc2ccccc2)s1)c1nc(-c2ccccc2)[nH]c1C. The Labute approximate surface area is 178 Å². The number of rotatable bonds is 6. The van der Waals surface area contributed by atoms with Crippen LogP contribution >= 0.6 is 11.3 Å². The van der Waals surface area contributed by atoms with Crippen molar-refractivity contribution in [3.63, 3.8) is 0 Å². The standard InChI is InChI=1S/C22H21N7S/c1-14-19(25-20(23-14)17-10-6-4-7-11-17)15(2)26-29-22-24-16(3)21(30-22)28-27-18-12-8-5-9-13-18/h4-13H,1-3H3,(H,23,25)(H,24,29)/b26-15+,28-27?. The molecule has 0 saturated heterocycles.